The second-order valence-corrected chi connectivity index (χ2v) is 9.34. The summed E-state index contributed by atoms with van der Waals surface area (Å²) < 4.78 is 48.0. The van der Waals surface area contributed by atoms with Crippen LogP contribution >= 0.6 is 0 Å². The van der Waals surface area contributed by atoms with Gasteiger partial charge in [0.15, 0.2) is 0 Å². The molecule has 0 spiro atoms. The van der Waals surface area contributed by atoms with Crippen molar-refractivity contribution in [1.29, 1.82) is 0 Å². The fourth-order valence-corrected chi connectivity index (χ4v) is 5.77. The minimum atomic E-state index is -0.393. The van der Waals surface area contributed by atoms with Crippen LogP contribution in [0.15, 0.2) is 138 Å². The molecule has 1 heteroatoms. The molecule has 172 valence electrons. The molecule has 0 radical (unpaired) electrons. The molecule has 0 aliphatic rings. The fourth-order valence-electron chi connectivity index (χ4n) is 5.77. The zero-order valence-electron chi connectivity index (χ0n) is 24.7. The molecule has 0 saturated heterocycles. The predicted octanol–water partition coefficient (Wildman–Crippen LogP) is 10.3. The Kier molecular flexibility index (Phi) is 3.37. The summed E-state index contributed by atoms with van der Waals surface area (Å²) in [5.74, 6) is 0. The normalized spacial score (nSPS) is 13.7. The summed E-state index contributed by atoms with van der Waals surface area (Å²) in [6.07, 6.45) is 1.82. The molecule has 0 amide bonds. The van der Waals surface area contributed by atoms with E-state index in [0.717, 1.165) is 65.5 Å². The molecular formula is C36H22O. The highest BCUT2D eigenvalue weighted by atomic mass is 16.3. The number of fused-ring (bicyclic) bond motifs is 1. The van der Waals surface area contributed by atoms with Gasteiger partial charge in [-0.3, -0.25) is 0 Å². The van der Waals surface area contributed by atoms with Crippen LogP contribution in [-0.4, -0.2) is 0 Å². The summed E-state index contributed by atoms with van der Waals surface area (Å²) in [5.41, 5.74) is 5.89. The van der Waals surface area contributed by atoms with Crippen LogP contribution in [0.1, 0.15) is 6.85 Å². The summed E-state index contributed by atoms with van der Waals surface area (Å²) >= 11 is 0. The van der Waals surface area contributed by atoms with E-state index in [9.17, 15) is 0 Å². The average Bonchev–Trinajstić information content (AvgIpc) is 3.46. The SMILES string of the molecule is [2H]c1c([2H])c([2H])c(-c2ccc3ccc4c(-c5ccccc5)cc(-c5coc6ccccc56)c5ccc2c3c45)c([2H])c1[2H]. The van der Waals surface area contributed by atoms with Crippen molar-refractivity contribution >= 4 is 43.3 Å². The lowest BCUT2D eigenvalue weighted by molar-refractivity contribution is 0.617. The molecule has 8 aromatic rings. The number of para-hydroxylation sites is 1. The van der Waals surface area contributed by atoms with Gasteiger partial charge in [0, 0.05) is 10.9 Å². The van der Waals surface area contributed by atoms with E-state index in [2.05, 4.69) is 42.5 Å². The van der Waals surface area contributed by atoms with Crippen LogP contribution in [0.25, 0.3) is 76.7 Å². The minimum absolute atomic E-state index is 0.202. The van der Waals surface area contributed by atoms with Crippen molar-refractivity contribution in [2.24, 2.45) is 0 Å². The van der Waals surface area contributed by atoms with Crippen LogP contribution in [0, 0.1) is 0 Å². The van der Waals surface area contributed by atoms with Crippen molar-refractivity contribution < 1.29 is 11.3 Å². The van der Waals surface area contributed by atoms with E-state index in [0.29, 0.717) is 5.56 Å². The topological polar surface area (TPSA) is 13.1 Å². The van der Waals surface area contributed by atoms with Crippen molar-refractivity contribution in [3.05, 3.63) is 134 Å². The molecular weight excluding hydrogens is 448 g/mol. The van der Waals surface area contributed by atoms with E-state index in [1.165, 1.54) is 0 Å². The number of benzene rings is 7. The smallest absolute Gasteiger partial charge is 0.134 e. The maximum Gasteiger partial charge on any atom is 0.134 e. The van der Waals surface area contributed by atoms with Gasteiger partial charge < -0.3 is 4.42 Å². The van der Waals surface area contributed by atoms with Crippen molar-refractivity contribution in [3.8, 4) is 33.4 Å². The second-order valence-electron chi connectivity index (χ2n) is 9.34. The number of furan rings is 1. The molecule has 1 aromatic heterocycles. The zero-order valence-corrected chi connectivity index (χ0v) is 19.7. The lowest BCUT2D eigenvalue weighted by atomic mass is 9.84. The van der Waals surface area contributed by atoms with Crippen LogP contribution in [0.5, 0.6) is 0 Å². The quantitative estimate of drug-likeness (QED) is 0.232. The van der Waals surface area contributed by atoms with Crippen LogP contribution in [-0.2, 0) is 0 Å². The van der Waals surface area contributed by atoms with E-state index in [1.54, 1.807) is 0 Å². The van der Waals surface area contributed by atoms with E-state index in [1.807, 2.05) is 60.9 Å². The van der Waals surface area contributed by atoms with Gasteiger partial charge in [-0.25, -0.2) is 0 Å². The Bertz CT molecular complexity index is 2330. The molecule has 0 saturated carbocycles. The van der Waals surface area contributed by atoms with E-state index in [-0.39, 0.29) is 29.7 Å². The molecule has 8 rings (SSSR count). The predicted molar refractivity (Wildman–Crippen MR) is 156 cm³/mol. The third-order valence-electron chi connectivity index (χ3n) is 7.41. The number of hydrogen-bond acceptors (Lipinski definition) is 1. The summed E-state index contributed by atoms with van der Waals surface area (Å²) in [6.45, 7) is 0. The van der Waals surface area contributed by atoms with E-state index >= 15 is 0 Å². The molecule has 0 bridgehead atoms. The van der Waals surface area contributed by atoms with Gasteiger partial charge in [0.1, 0.15) is 5.58 Å². The van der Waals surface area contributed by atoms with Crippen molar-refractivity contribution in [3.63, 3.8) is 0 Å². The average molecular weight is 476 g/mol. The first-order valence-electron chi connectivity index (χ1n) is 14.8. The highest BCUT2D eigenvalue weighted by Crippen LogP contribution is 2.47. The van der Waals surface area contributed by atoms with Gasteiger partial charge in [-0.1, -0.05) is 115 Å². The first kappa shape index (κ1) is 16.0. The Morgan fingerprint density at radius 3 is 2.05 bits per heavy atom. The van der Waals surface area contributed by atoms with Crippen LogP contribution in [0.3, 0.4) is 0 Å². The summed E-state index contributed by atoms with van der Waals surface area (Å²) in [5, 5.41) is 7.12. The van der Waals surface area contributed by atoms with E-state index in [4.69, 9.17) is 11.3 Å². The lowest BCUT2D eigenvalue weighted by Gasteiger charge is -2.19. The van der Waals surface area contributed by atoms with E-state index < -0.39 is 6.04 Å². The molecule has 7 aromatic carbocycles. The van der Waals surface area contributed by atoms with Gasteiger partial charge in [-0.2, -0.15) is 0 Å². The summed E-state index contributed by atoms with van der Waals surface area (Å²) in [4.78, 5) is 0. The fraction of sp³-hybridized carbons (Fsp3) is 0. The van der Waals surface area contributed by atoms with Crippen LogP contribution < -0.4 is 0 Å². The van der Waals surface area contributed by atoms with Gasteiger partial charge in [-0.15, -0.1) is 0 Å². The highest BCUT2D eigenvalue weighted by molar-refractivity contribution is 6.30. The standard InChI is InChI=1S/C36H22O/c1-3-9-23(10-4-1)26-17-15-25-16-18-29-31(24-11-5-2-6-12-24)21-32(30-20-19-28(26)35(25)36(29)30)33-22-37-34-14-8-7-13-27(33)34/h1-22H/i1D,3D,4D,9D,10D. The molecule has 1 heterocycles. The summed E-state index contributed by atoms with van der Waals surface area (Å²) in [6, 6.07) is 31.4. The zero-order chi connectivity index (χ0) is 28.7. The third kappa shape index (κ3) is 2.98. The first-order valence-corrected chi connectivity index (χ1v) is 12.3. The van der Waals surface area contributed by atoms with Crippen molar-refractivity contribution in [2.75, 3.05) is 0 Å². The monoisotopic (exact) mass is 475 g/mol. The van der Waals surface area contributed by atoms with Crippen molar-refractivity contribution in [1.82, 2.24) is 0 Å². The van der Waals surface area contributed by atoms with Gasteiger partial charge in [0.05, 0.1) is 13.1 Å². The van der Waals surface area contributed by atoms with Crippen LogP contribution in [0.2, 0.25) is 0 Å². The Morgan fingerprint density at radius 1 is 0.486 bits per heavy atom. The molecule has 0 fully saturated rings. The highest BCUT2D eigenvalue weighted by Gasteiger charge is 2.20. The maximum absolute atomic E-state index is 8.68. The van der Waals surface area contributed by atoms with Gasteiger partial charge >= 0.3 is 0 Å². The Morgan fingerprint density at radius 2 is 1.19 bits per heavy atom. The molecule has 0 atom stereocenters. The van der Waals surface area contributed by atoms with Crippen LogP contribution in [0.4, 0.5) is 0 Å². The van der Waals surface area contributed by atoms with Gasteiger partial charge in [-0.05, 0) is 72.3 Å². The minimum Gasteiger partial charge on any atom is -0.464 e. The largest absolute Gasteiger partial charge is 0.464 e. The first-order chi connectivity index (χ1) is 20.4. The molecule has 0 N–H and O–H groups in total. The third-order valence-corrected chi connectivity index (χ3v) is 7.41. The molecule has 0 aliphatic heterocycles. The summed E-state index contributed by atoms with van der Waals surface area (Å²) in [7, 11) is 0. The Labute approximate surface area is 221 Å². The van der Waals surface area contributed by atoms with Crippen molar-refractivity contribution in [2.45, 2.75) is 0 Å². The van der Waals surface area contributed by atoms with Gasteiger partial charge in [0.2, 0.25) is 0 Å². The lowest BCUT2D eigenvalue weighted by Crippen LogP contribution is -1.92. The van der Waals surface area contributed by atoms with Gasteiger partial charge in [0.25, 0.3) is 0 Å². The Balaban J connectivity index is 1.55. The Hall–Kier alpha value is -4.88. The number of hydrogen-bond donors (Lipinski definition) is 0. The molecule has 0 aliphatic carbocycles. The maximum atomic E-state index is 8.68. The molecule has 0 unspecified atom stereocenters. The second kappa shape index (κ2) is 7.81. The molecule has 37 heavy (non-hydrogen) atoms. The molecule has 1 nitrogen and oxygen atoms in total. The number of rotatable bonds is 3.